The van der Waals surface area contributed by atoms with E-state index in [4.69, 9.17) is 9.15 Å². The molecule has 0 unspecified atom stereocenters. The summed E-state index contributed by atoms with van der Waals surface area (Å²) in [6.45, 7) is 1.64. The number of esters is 1. The second kappa shape index (κ2) is 6.64. The van der Waals surface area contributed by atoms with E-state index in [9.17, 15) is 9.18 Å². The van der Waals surface area contributed by atoms with Gasteiger partial charge in [-0.05, 0) is 49.4 Å². The number of rotatable bonds is 4. The molecule has 0 fully saturated rings. The Balaban J connectivity index is 1.49. The fraction of sp³-hybridized carbons (Fsp3) is 0.111. The SMILES string of the molecule is C[C@H](OC(=O)c1ccc2ncsc2c1)c1nnc(-c2ccc(F)cc2)o1. The molecule has 8 heteroatoms. The van der Waals surface area contributed by atoms with Crippen LogP contribution in [0.15, 0.2) is 52.4 Å². The normalized spacial score (nSPS) is 12.2. The first-order valence-electron chi connectivity index (χ1n) is 7.74. The van der Waals surface area contributed by atoms with E-state index >= 15 is 0 Å². The molecule has 1 atom stereocenters. The largest absolute Gasteiger partial charge is 0.449 e. The van der Waals surface area contributed by atoms with Crippen LogP contribution in [0, 0.1) is 5.82 Å². The summed E-state index contributed by atoms with van der Waals surface area (Å²) in [4.78, 5) is 16.5. The Morgan fingerprint density at radius 3 is 2.81 bits per heavy atom. The molecule has 0 spiro atoms. The van der Waals surface area contributed by atoms with Gasteiger partial charge in [0, 0.05) is 5.56 Å². The highest BCUT2D eigenvalue weighted by Crippen LogP contribution is 2.24. The third-order valence-electron chi connectivity index (χ3n) is 3.73. The van der Waals surface area contributed by atoms with E-state index in [1.165, 1.54) is 35.6 Å². The van der Waals surface area contributed by atoms with E-state index in [0.717, 1.165) is 10.2 Å². The Morgan fingerprint density at radius 1 is 1.19 bits per heavy atom. The number of halogens is 1. The van der Waals surface area contributed by atoms with E-state index in [2.05, 4.69) is 15.2 Å². The van der Waals surface area contributed by atoms with Crippen molar-refractivity contribution in [2.75, 3.05) is 0 Å². The molecule has 0 saturated carbocycles. The maximum Gasteiger partial charge on any atom is 0.338 e. The van der Waals surface area contributed by atoms with Crippen molar-refractivity contribution >= 4 is 27.5 Å². The van der Waals surface area contributed by atoms with Gasteiger partial charge in [-0.3, -0.25) is 0 Å². The van der Waals surface area contributed by atoms with Gasteiger partial charge >= 0.3 is 5.97 Å². The van der Waals surface area contributed by atoms with Crippen LogP contribution >= 0.6 is 11.3 Å². The number of nitrogens with zero attached hydrogens (tertiary/aromatic N) is 3. The van der Waals surface area contributed by atoms with Crippen LogP contribution in [0.1, 0.15) is 29.3 Å². The molecule has 0 aliphatic heterocycles. The van der Waals surface area contributed by atoms with Crippen molar-refractivity contribution in [3.8, 4) is 11.5 Å². The fourth-order valence-corrected chi connectivity index (χ4v) is 3.09. The first-order valence-corrected chi connectivity index (χ1v) is 8.62. The lowest BCUT2D eigenvalue weighted by molar-refractivity contribution is 0.0280. The van der Waals surface area contributed by atoms with E-state index in [1.54, 1.807) is 30.6 Å². The maximum absolute atomic E-state index is 13.0. The molecule has 4 aromatic rings. The molecule has 6 nitrogen and oxygen atoms in total. The molecule has 130 valence electrons. The lowest BCUT2D eigenvalue weighted by Gasteiger charge is -2.09. The molecule has 0 radical (unpaired) electrons. The summed E-state index contributed by atoms with van der Waals surface area (Å²) in [5, 5.41) is 7.82. The molecule has 26 heavy (non-hydrogen) atoms. The Morgan fingerprint density at radius 2 is 2.00 bits per heavy atom. The van der Waals surface area contributed by atoms with Gasteiger partial charge in [-0.2, -0.15) is 0 Å². The van der Waals surface area contributed by atoms with Gasteiger partial charge in [0.15, 0.2) is 6.10 Å². The minimum Gasteiger partial charge on any atom is -0.449 e. The van der Waals surface area contributed by atoms with Gasteiger partial charge < -0.3 is 9.15 Å². The second-order valence-corrected chi connectivity index (χ2v) is 6.42. The molecule has 2 aromatic carbocycles. The van der Waals surface area contributed by atoms with Crippen molar-refractivity contribution in [1.82, 2.24) is 15.2 Å². The molecule has 0 bridgehead atoms. The van der Waals surface area contributed by atoms with Gasteiger partial charge in [-0.1, -0.05) is 0 Å². The highest BCUT2D eigenvalue weighted by molar-refractivity contribution is 7.16. The Labute approximate surface area is 151 Å². The minimum atomic E-state index is -0.721. The van der Waals surface area contributed by atoms with Gasteiger partial charge in [0.1, 0.15) is 5.82 Å². The van der Waals surface area contributed by atoms with E-state index in [0.29, 0.717) is 11.1 Å². The number of carbonyl (C=O) groups excluding carboxylic acids is 1. The predicted molar refractivity (Wildman–Crippen MR) is 93.1 cm³/mol. The lowest BCUT2D eigenvalue weighted by Crippen LogP contribution is -2.09. The summed E-state index contributed by atoms with van der Waals surface area (Å²) < 4.78 is 24.8. The quantitative estimate of drug-likeness (QED) is 0.496. The van der Waals surface area contributed by atoms with Crippen LogP contribution < -0.4 is 0 Å². The number of benzene rings is 2. The lowest BCUT2D eigenvalue weighted by atomic mass is 10.2. The minimum absolute atomic E-state index is 0.163. The zero-order valence-electron chi connectivity index (χ0n) is 13.5. The number of hydrogen-bond donors (Lipinski definition) is 0. The van der Waals surface area contributed by atoms with E-state index in [1.807, 2.05) is 0 Å². The smallest absolute Gasteiger partial charge is 0.338 e. The summed E-state index contributed by atoms with van der Waals surface area (Å²) in [7, 11) is 0. The zero-order chi connectivity index (χ0) is 18.1. The van der Waals surface area contributed by atoms with Crippen LogP contribution in [0.2, 0.25) is 0 Å². The summed E-state index contributed by atoms with van der Waals surface area (Å²) in [5.74, 6) is -0.450. The van der Waals surface area contributed by atoms with Crippen molar-refractivity contribution in [3.05, 3.63) is 65.2 Å². The molecule has 2 aromatic heterocycles. The number of fused-ring (bicyclic) bond motifs is 1. The van der Waals surface area contributed by atoms with E-state index < -0.39 is 12.1 Å². The van der Waals surface area contributed by atoms with Crippen molar-refractivity contribution < 1.29 is 18.3 Å². The molecule has 0 aliphatic rings. The number of thiazole rings is 1. The summed E-state index contributed by atoms with van der Waals surface area (Å²) in [5.41, 5.74) is 3.56. The summed E-state index contributed by atoms with van der Waals surface area (Å²) in [6, 6.07) is 10.8. The molecule has 0 amide bonds. The summed E-state index contributed by atoms with van der Waals surface area (Å²) >= 11 is 1.45. The van der Waals surface area contributed by atoms with Crippen LogP contribution in [0.4, 0.5) is 4.39 Å². The van der Waals surface area contributed by atoms with Gasteiger partial charge in [0.2, 0.25) is 5.89 Å². The first kappa shape index (κ1) is 16.3. The number of hydrogen-bond acceptors (Lipinski definition) is 7. The van der Waals surface area contributed by atoms with Crippen molar-refractivity contribution in [2.45, 2.75) is 13.0 Å². The second-order valence-electron chi connectivity index (χ2n) is 5.53. The Hall–Kier alpha value is -3.13. The van der Waals surface area contributed by atoms with Gasteiger partial charge in [-0.15, -0.1) is 21.5 Å². The van der Waals surface area contributed by atoms with Crippen molar-refractivity contribution in [3.63, 3.8) is 0 Å². The number of ether oxygens (including phenoxy) is 1. The fourth-order valence-electron chi connectivity index (χ4n) is 2.37. The maximum atomic E-state index is 13.0. The standard InChI is InChI=1S/C18H12FN3O3S/c1-10(16-21-22-17(25-16)11-2-5-13(19)6-3-11)24-18(23)12-4-7-14-15(8-12)26-9-20-14/h2-10H,1H3/t10-/m0/s1. The third-order valence-corrected chi connectivity index (χ3v) is 4.52. The van der Waals surface area contributed by atoms with Crippen LogP contribution in [0.25, 0.3) is 21.7 Å². The highest BCUT2D eigenvalue weighted by atomic mass is 32.1. The first-order chi connectivity index (χ1) is 12.6. The molecular weight excluding hydrogens is 357 g/mol. The highest BCUT2D eigenvalue weighted by Gasteiger charge is 2.20. The number of carbonyl (C=O) groups is 1. The van der Waals surface area contributed by atoms with Crippen LogP contribution in [0.5, 0.6) is 0 Å². The van der Waals surface area contributed by atoms with Crippen LogP contribution in [0.3, 0.4) is 0 Å². The van der Waals surface area contributed by atoms with Crippen molar-refractivity contribution in [2.24, 2.45) is 0 Å². The van der Waals surface area contributed by atoms with Gasteiger partial charge in [-0.25, -0.2) is 14.2 Å². The Kier molecular flexibility index (Phi) is 4.18. The van der Waals surface area contributed by atoms with Gasteiger partial charge in [0.05, 0.1) is 21.3 Å². The topological polar surface area (TPSA) is 78.1 Å². The molecule has 0 N–H and O–H groups in total. The van der Waals surface area contributed by atoms with Crippen molar-refractivity contribution in [1.29, 1.82) is 0 Å². The molecule has 2 heterocycles. The molecule has 4 rings (SSSR count). The van der Waals surface area contributed by atoms with Crippen LogP contribution in [-0.2, 0) is 4.74 Å². The Bertz CT molecular complexity index is 1070. The summed E-state index contributed by atoms with van der Waals surface area (Å²) in [6.07, 6.45) is -0.721. The zero-order valence-corrected chi connectivity index (χ0v) is 14.4. The monoisotopic (exact) mass is 369 g/mol. The molecule has 0 aliphatic carbocycles. The molecular formula is C18H12FN3O3S. The average Bonchev–Trinajstić information content (AvgIpc) is 3.31. The van der Waals surface area contributed by atoms with E-state index in [-0.39, 0.29) is 17.6 Å². The third kappa shape index (κ3) is 3.18. The van der Waals surface area contributed by atoms with Crippen LogP contribution in [-0.4, -0.2) is 21.2 Å². The number of aromatic nitrogens is 3. The van der Waals surface area contributed by atoms with Gasteiger partial charge in [0.25, 0.3) is 5.89 Å². The average molecular weight is 369 g/mol. The predicted octanol–water partition coefficient (Wildman–Crippen LogP) is 4.40. The molecule has 0 saturated heterocycles.